The average Bonchev–Trinajstić information content (AvgIpc) is 3.04. The van der Waals surface area contributed by atoms with Gasteiger partial charge < -0.3 is 0 Å². The molecule has 0 radical (unpaired) electrons. The highest BCUT2D eigenvalue weighted by atomic mass is 32.1. The molecule has 146 valence electrons. The van der Waals surface area contributed by atoms with Gasteiger partial charge in [-0.3, -0.25) is 14.2 Å². The Bertz CT molecular complexity index is 1300. The Morgan fingerprint density at radius 1 is 1.00 bits per heavy atom. The first-order chi connectivity index (χ1) is 13.9. The number of aromatic nitrogens is 2. The molecule has 0 N–H and O–H groups in total. The summed E-state index contributed by atoms with van der Waals surface area (Å²) in [5, 5.41) is 0.598. The molecule has 29 heavy (non-hydrogen) atoms. The number of ketones is 1. The predicted octanol–water partition coefficient (Wildman–Crippen LogP) is 5.24. The lowest BCUT2D eigenvalue weighted by Gasteiger charge is -2.10. The molecular weight excluding hydrogens is 380 g/mol. The van der Waals surface area contributed by atoms with Gasteiger partial charge in [-0.15, -0.1) is 11.3 Å². The van der Waals surface area contributed by atoms with Crippen LogP contribution < -0.4 is 5.56 Å². The van der Waals surface area contributed by atoms with Gasteiger partial charge in [0.15, 0.2) is 5.78 Å². The highest BCUT2D eigenvalue weighted by Gasteiger charge is 2.18. The third-order valence-electron chi connectivity index (χ3n) is 5.41. The minimum Gasteiger partial charge on any atom is -0.292 e. The normalized spacial score (nSPS) is 11.2. The van der Waals surface area contributed by atoms with Crippen molar-refractivity contribution in [3.05, 3.63) is 87.0 Å². The molecule has 2 heterocycles. The van der Waals surface area contributed by atoms with Crippen LogP contribution in [0.15, 0.2) is 53.6 Å². The topological polar surface area (TPSA) is 52.0 Å². The molecule has 0 atom stereocenters. The first kappa shape index (κ1) is 19.3. The monoisotopic (exact) mass is 402 g/mol. The zero-order chi connectivity index (χ0) is 20.7. The number of benzene rings is 2. The first-order valence-corrected chi connectivity index (χ1v) is 10.3. The number of carbonyl (C=O) groups is 1. The molecule has 0 aliphatic carbocycles. The van der Waals surface area contributed by atoms with E-state index >= 15 is 0 Å². The molecule has 0 spiro atoms. The summed E-state index contributed by atoms with van der Waals surface area (Å²) in [6.07, 6.45) is 1.49. The van der Waals surface area contributed by atoms with Crippen LogP contribution in [0.25, 0.3) is 20.7 Å². The first-order valence-electron chi connectivity index (χ1n) is 9.52. The van der Waals surface area contributed by atoms with Gasteiger partial charge in [0.05, 0.1) is 18.3 Å². The van der Waals surface area contributed by atoms with Crippen molar-refractivity contribution in [2.24, 2.45) is 0 Å². The van der Waals surface area contributed by atoms with Crippen molar-refractivity contribution in [2.75, 3.05) is 0 Å². The van der Waals surface area contributed by atoms with Crippen LogP contribution in [-0.4, -0.2) is 15.3 Å². The molecule has 2 aromatic carbocycles. The number of thiophene rings is 1. The lowest BCUT2D eigenvalue weighted by molar-refractivity contribution is 0.0970. The van der Waals surface area contributed by atoms with Gasteiger partial charge in [-0.25, -0.2) is 4.98 Å². The van der Waals surface area contributed by atoms with Crippen LogP contribution in [0, 0.1) is 27.7 Å². The fourth-order valence-electron chi connectivity index (χ4n) is 3.64. The summed E-state index contributed by atoms with van der Waals surface area (Å²) in [5.74, 6) is -0.0787. The number of rotatable bonds is 4. The van der Waals surface area contributed by atoms with Crippen LogP contribution in [0.2, 0.25) is 0 Å². The summed E-state index contributed by atoms with van der Waals surface area (Å²) in [7, 11) is 0. The van der Waals surface area contributed by atoms with Crippen LogP contribution in [0.1, 0.15) is 32.6 Å². The van der Waals surface area contributed by atoms with Crippen molar-refractivity contribution in [1.82, 2.24) is 9.55 Å². The quantitative estimate of drug-likeness (QED) is 0.439. The van der Waals surface area contributed by atoms with Crippen molar-refractivity contribution >= 4 is 27.3 Å². The highest BCUT2D eigenvalue weighted by molar-refractivity contribution is 7.22. The molecule has 2 aromatic heterocycles. The van der Waals surface area contributed by atoms with Crippen LogP contribution in [0.3, 0.4) is 0 Å². The van der Waals surface area contributed by atoms with E-state index in [1.807, 2.05) is 70.2 Å². The van der Waals surface area contributed by atoms with Crippen LogP contribution in [-0.2, 0) is 6.54 Å². The fraction of sp³-hybridized carbons (Fsp3) is 0.208. The molecule has 0 fully saturated rings. The summed E-state index contributed by atoms with van der Waals surface area (Å²) in [5.41, 5.74) is 5.63. The highest BCUT2D eigenvalue weighted by Crippen LogP contribution is 2.35. The number of hydrogen-bond donors (Lipinski definition) is 0. The number of carbonyl (C=O) groups excluding carboxylic acids is 1. The van der Waals surface area contributed by atoms with Gasteiger partial charge in [0, 0.05) is 10.4 Å². The second-order valence-electron chi connectivity index (χ2n) is 7.45. The van der Waals surface area contributed by atoms with Gasteiger partial charge >= 0.3 is 0 Å². The van der Waals surface area contributed by atoms with Crippen LogP contribution >= 0.6 is 11.3 Å². The molecule has 0 amide bonds. The Balaban J connectivity index is 1.75. The van der Waals surface area contributed by atoms with Gasteiger partial charge in [-0.1, -0.05) is 36.4 Å². The van der Waals surface area contributed by atoms with Crippen molar-refractivity contribution in [2.45, 2.75) is 34.2 Å². The third kappa shape index (κ3) is 3.42. The van der Waals surface area contributed by atoms with Crippen molar-refractivity contribution in [1.29, 1.82) is 0 Å². The summed E-state index contributed by atoms with van der Waals surface area (Å²) in [4.78, 5) is 32.3. The summed E-state index contributed by atoms with van der Waals surface area (Å²) in [6, 6.07) is 13.9. The predicted molar refractivity (Wildman–Crippen MR) is 119 cm³/mol. The van der Waals surface area contributed by atoms with E-state index in [2.05, 4.69) is 4.98 Å². The molecule has 0 aliphatic rings. The summed E-state index contributed by atoms with van der Waals surface area (Å²) in [6.45, 7) is 7.89. The third-order valence-corrected chi connectivity index (χ3v) is 6.66. The Morgan fingerprint density at radius 2 is 1.69 bits per heavy atom. The van der Waals surface area contributed by atoms with Crippen LogP contribution in [0.5, 0.6) is 0 Å². The fourth-order valence-corrected chi connectivity index (χ4v) is 4.78. The molecular formula is C24H22N2O2S. The van der Waals surface area contributed by atoms with E-state index in [-0.39, 0.29) is 17.9 Å². The van der Waals surface area contributed by atoms with Gasteiger partial charge in [0.25, 0.3) is 5.56 Å². The van der Waals surface area contributed by atoms with E-state index in [9.17, 15) is 9.59 Å². The second-order valence-corrected chi connectivity index (χ2v) is 8.45. The molecule has 0 saturated carbocycles. The Morgan fingerprint density at radius 3 is 2.41 bits per heavy atom. The molecule has 0 bridgehead atoms. The van der Waals surface area contributed by atoms with E-state index in [0.717, 1.165) is 32.7 Å². The summed E-state index contributed by atoms with van der Waals surface area (Å²) < 4.78 is 1.42. The van der Waals surface area contributed by atoms with E-state index in [1.54, 1.807) is 0 Å². The van der Waals surface area contributed by atoms with Crippen molar-refractivity contribution in [3.63, 3.8) is 0 Å². The van der Waals surface area contributed by atoms with Crippen molar-refractivity contribution in [3.8, 4) is 10.4 Å². The van der Waals surface area contributed by atoms with Gasteiger partial charge in [-0.2, -0.15) is 0 Å². The second kappa shape index (κ2) is 7.41. The lowest BCUT2D eigenvalue weighted by atomic mass is 9.98. The number of nitrogens with zero attached hydrogens (tertiary/aromatic N) is 2. The largest absolute Gasteiger partial charge is 0.292 e. The van der Waals surface area contributed by atoms with E-state index < -0.39 is 0 Å². The zero-order valence-electron chi connectivity index (χ0n) is 16.9. The lowest BCUT2D eigenvalue weighted by Crippen LogP contribution is -2.25. The number of hydrogen-bond acceptors (Lipinski definition) is 4. The number of fused-ring (bicyclic) bond motifs is 1. The van der Waals surface area contributed by atoms with Gasteiger partial charge in [0.2, 0.25) is 0 Å². The molecule has 0 unspecified atom stereocenters. The zero-order valence-corrected chi connectivity index (χ0v) is 17.8. The Labute approximate surface area is 173 Å². The maximum absolute atomic E-state index is 13.1. The van der Waals surface area contributed by atoms with Gasteiger partial charge in [0.1, 0.15) is 4.83 Å². The molecule has 0 aliphatic heterocycles. The van der Waals surface area contributed by atoms with E-state index in [1.165, 1.54) is 22.2 Å². The molecule has 4 aromatic rings. The SMILES string of the molecule is Cc1cc(C)c(C(=O)Cn2cnc3sc(-c4ccccc4)c(C)c3c2=O)cc1C. The van der Waals surface area contributed by atoms with E-state index in [0.29, 0.717) is 15.8 Å². The molecule has 5 heteroatoms. The molecule has 0 saturated heterocycles. The van der Waals surface area contributed by atoms with Crippen molar-refractivity contribution < 1.29 is 4.79 Å². The maximum atomic E-state index is 13.1. The Kier molecular flexibility index (Phi) is 4.92. The standard InChI is InChI=1S/C24H22N2O2S/c1-14-10-16(3)19(11-15(14)2)20(27)12-26-13-25-23-21(24(26)28)17(4)22(29-23)18-8-6-5-7-9-18/h5-11,13H,12H2,1-4H3. The molecule has 4 rings (SSSR count). The van der Waals surface area contributed by atoms with Gasteiger partial charge in [-0.05, 0) is 61.6 Å². The average molecular weight is 403 g/mol. The molecule has 4 nitrogen and oxygen atoms in total. The Hall–Kier alpha value is -3.05. The number of Topliss-reactive ketones (excluding diaryl/α,β-unsaturated/α-hetero) is 1. The minimum absolute atomic E-state index is 0.0128. The maximum Gasteiger partial charge on any atom is 0.262 e. The smallest absolute Gasteiger partial charge is 0.262 e. The minimum atomic E-state index is -0.166. The van der Waals surface area contributed by atoms with Crippen LogP contribution in [0.4, 0.5) is 0 Å². The van der Waals surface area contributed by atoms with E-state index in [4.69, 9.17) is 0 Å². The number of aryl methyl sites for hydroxylation is 4. The summed E-state index contributed by atoms with van der Waals surface area (Å²) >= 11 is 1.51.